The Morgan fingerprint density at radius 1 is 1.19 bits per heavy atom. The van der Waals surface area contributed by atoms with E-state index in [0.717, 1.165) is 25.9 Å². The number of nitrogens with zero attached hydrogens (tertiary/aromatic N) is 1. The summed E-state index contributed by atoms with van der Waals surface area (Å²) < 4.78 is 24.7. The highest BCUT2D eigenvalue weighted by Crippen LogP contribution is 2.27. The molecule has 0 radical (unpaired) electrons. The van der Waals surface area contributed by atoms with Gasteiger partial charge in [0.15, 0.2) is 0 Å². The maximum Gasteiger partial charge on any atom is 0.277 e. The van der Waals surface area contributed by atoms with E-state index in [2.05, 4.69) is 20.4 Å². The van der Waals surface area contributed by atoms with Crippen molar-refractivity contribution < 1.29 is 8.78 Å². The van der Waals surface area contributed by atoms with Crippen LogP contribution in [0.25, 0.3) is 0 Å². The topological polar surface area (TPSA) is 3.24 Å². The van der Waals surface area contributed by atoms with Gasteiger partial charge in [0.25, 0.3) is 6.43 Å². The van der Waals surface area contributed by atoms with Crippen molar-refractivity contribution in [1.29, 1.82) is 0 Å². The molecule has 0 bridgehead atoms. The van der Waals surface area contributed by atoms with Crippen molar-refractivity contribution >= 4 is 0 Å². The van der Waals surface area contributed by atoms with Crippen LogP contribution in [-0.2, 0) is 0 Å². The van der Waals surface area contributed by atoms with Gasteiger partial charge in [-0.15, -0.1) is 0 Å². The van der Waals surface area contributed by atoms with Crippen molar-refractivity contribution in [3.8, 4) is 0 Å². The van der Waals surface area contributed by atoms with Crippen molar-refractivity contribution in [3.05, 3.63) is 12.3 Å². The fourth-order valence-corrected chi connectivity index (χ4v) is 1.99. The van der Waals surface area contributed by atoms with Crippen LogP contribution < -0.4 is 0 Å². The second kappa shape index (κ2) is 7.64. The standard InChI is InChI=1S/C11H19F2N.C2H6/c1-8(2)10-4-6-14(7-5-10)9(3)11(12)13;1-2/h8,10-11H,3-7H2,1-2H3;1-2H3. The van der Waals surface area contributed by atoms with Crippen molar-refractivity contribution in [1.82, 2.24) is 4.90 Å². The van der Waals surface area contributed by atoms with Crippen molar-refractivity contribution in [3.63, 3.8) is 0 Å². The van der Waals surface area contributed by atoms with E-state index in [1.54, 1.807) is 4.90 Å². The van der Waals surface area contributed by atoms with Crippen molar-refractivity contribution in [2.45, 2.75) is 47.0 Å². The number of hydrogen-bond donors (Lipinski definition) is 0. The summed E-state index contributed by atoms with van der Waals surface area (Å²) in [4.78, 5) is 1.73. The number of likely N-dealkylation sites (tertiary alicyclic amines) is 1. The smallest absolute Gasteiger partial charge is 0.277 e. The van der Waals surface area contributed by atoms with Crippen LogP contribution in [0.15, 0.2) is 12.3 Å². The molecule has 1 nitrogen and oxygen atoms in total. The molecule has 0 aromatic heterocycles. The molecule has 16 heavy (non-hydrogen) atoms. The number of halogens is 2. The zero-order valence-electron chi connectivity index (χ0n) is 11.0. The van der Waals surface area contributed by atoms with Gasteiger partial charge in [0, 0.05) is 13.1 Å². The Morgan fingerprint density at radius 3 is 1.94 bits per heavy atom. The van der Waals surface area contributed by atoms with Gasteiger partial charge in [0.05, 0.1) is 5.70 Å². The molecular weight excluding hydrogens is 208 g/mol. The first kappa shape index (κ1) is 15.4. The molecule has 1 rings (SSSR count). The average Bonchev–Trinajstić information content (AvgIpc) is 2.30. The normalized spacial score (nSPS) is 17.4. The van der Waals surface area contributed by atoms with Gasteiger partial charge in [-0.2, -0.15) is 0 Å². The van der Waals surface area contributed by atoms with E-state index in [4.69, 9.17) is 0 Å². The van der Waals surface area contributed by atoms with Crippen molar-refractivity contribution in [2.24, 2.45) is 11.8 Å². The first-order chi connectivity index (χ1) is 7.52. The number of rotatable bonds is 3. The summed E-state index contributed by atoms with van der Waals surface area (Å²) in [5.74, 6) is 1.36. The minimum atomic E-state index is -2.40. The molecule has 0 atom stereocenters. The summed E-state index contributed by atoms with van der Waals surface area (Å²) in [6.45, 7) is 13.3. The Balaban J connectivity index is 0.00000106. The summed E-state index contributed by atoms with van der Waals surface area (Å²) in [5, 5.41) is 0. The first-order valence-corrected chi connectivity index (χ1v) is 6.24. The molecule has 1 aliphatic rings. The van der Waals surface area contributed by atoms with E-state index >= 15 is 0 Å². The van der Waals surface area contributed by atoms with Gasteiger partial charge >= 0.3 is 0 Å². The minimum Gasteiger partial charge on any atom is -0.371 e. The van der Waals surface area contributed by atoms with Crippen LogP contribution in [0, 0.1) is 11.8 Å². The van der Waals surface area contributed by atoms with Gasteiger partial charge in [-0.25, -0.2) is 8.78 Å². The summed E-state index contributed by atoms with van der Waals surface area (Å²) in [6, 6.07) is 0. The number of allylic oxidation sites excluding steroid dienone is 1. The third-order valence-corrected chi connectivity index (χ3v) is 3.14. The molecule has 96 valence electrons. The molecule has 0 spiro atoms. The summed E-state index contributed by atoms with van der Waals surface area (Å²) in [5.41, 5.74) is -0.00722. The number of alkyl halides is 2. The van der Waals surface area contributed by atoms with Gasteiger partial charge < -0.3 is 4.90 Å². The maximum atomic E-state index is 12.3. The molecule has 0 N–H and O–H groups in total. The molecule has 0 unspecified atom stereocenters. The quantitative estimate of drug-likeness (QED) is 0.707. The van der Waals surface area contributed by atoms with Crippen LogP contribution in [0.4, 0.5) is 8.78 Å². The Morgan fingerprint density at radius 2 is 1.62 bits per heavy atom. The molecule has 0 aliphatic carbocycles. The zero-order valence-corrected chi connectivity index (χ0v) is 11.0. The van der Waals surface area contributed by atoms with Crippen LogP contribution in [0.3, 0.4) is 0 Å². The second-order valence-corrected chi connectivity index (χ2v) is 4.36. The molecule has 0 saturated carbocycles. The lowest BCUT2D eigenvalue weighted by molar-refractivity contribution is 0.112. The molecule has 1 fully saturated rings. The van der Waals surface area contributed by atoms with Gasteiger partial charge in [-0.05, 0) is 24.7 Å². The predicted octanol–water partition coefficient (Wildman–Crippen LogP) is 4.16. The highest BCUT2D eigenvalue weighted by Gasteiger charge is 2.24. The number of hydrogen-bond acceptors (Lipinski definition) is 1. The average molecular weight is 233 g/mol. The van der Waals surface area contributed by atoms with Crippen LogP contribution in [0.2, 0.25) is 0 Å². The van der Waals surface area contributed by atoms with Crippen LogP contribution in [-0.4, -0.2) is 24.4 Å². The monoisotopic (exact) mass is 233 g/mol. The third kappa shape index (κ3) is 4.50. The molecule has 0 aromatic carbocycles. The Labute approximate surface area is 98.5 Å². The fraction of sp³-hybridized carbons (Fsp3) is 0.846. The molecule has 0 amide bonds. The van der Waals surface area contributed by atoms with E-state index < -0.39 is 6.43 Å². The van der Waals surface area contributed by atoms with E-state index in [1.807, 2.05) is 13.8 Å². The van der Waals surface area contributed by atoms with Gasteiger partial charge in [0.2, 0.25) is 0 Å². The van der Waals surface area contributed by atoms with Crippen molar-refractivity contribution in [2.75, 3.05) is 13.1 Å². The van der Waals surface area contributed by atoms with E-state index in [1.165, 1.54) is 0 Å². The number of piperidine rings is 1. The summed E-state index contributed by atoms with van der Waals surface area (Å²) >= 11 is 0. The molecule has 1 saturated heterocycles. The lowest BCUT2D eigenvalue weighted by atomic mass is 9.86. The lowest BCUT2D eigenvalue weighted by Crippen LogP contribution is -2.36. The van der Waals surface area contributed by atoms with Crippen LogP contribution in [0.5, 0.6) is 0 Å². The predicted molar refractivity (Wildman–Crippen MR) is 65.6 cm³/mol. The highest BCUT2D eigenvalue weighted by atomic mass is 19.3. The molecule has 0 aromatic rings. The maximum absolute atomic E-state index is 12.3. The van der Waals surface area contributed by atoms with Gasteiger partial charge in [-0.1, -0.05) is 34.3 Å². The Bertz CT molecular complexity index is 194. The van der Waals surface area contributed by atoms with Crippen LogP contribution >= 0.6 is 0 Å². The molecular formula is C13H25F2N. The first-order valence-electron chi connectivity index (χ1n) is 6.24. The van der Waals surface area contributed by atoms with E-state index in [9.17, 15) is 8.78 Å². The van der Waals surface area contributed by atoms with E-state index in [0.29, 0.717) is 11.8 Å². The molecule has 1 heterocycles. The van der Waals surface area contributed by atoms with Crippen LogP contribution in [0.1, 0.15) is 40.5 Å². The molecule has 1 aliphatic heterocycles. The highest BCUT2D eigenvalue weighted by molar-refractivity contribution is 4.98. The SMILES string of the molecule is C=C(C(F)F)N1CCC(C(C)C)CC1.CC. The fourth-order valence-electron chi connectivity index (χ4n) is 1.99. The molecule has 3 heteroatoms. The lowest BCUT2D eigenvalue weighted by Gasteiger charge is -2.36. The van der Waals surface area contributed by atoms with Gasteiger partial charge in [-0.3, -0.25) is 0 Å². The van der Waals surface area contributed by atoms with E-state index in [-0.39, 0.29) is 5.70 Å². The second-order valence-electron chi connectivity index (χ2n) is 4.36. The summed E-state index contributed by atoms with van der Waals surface area (Å²) in [7, 11) is 0. The minimum absolute atomic E-state index is 0.00722. The Kier molecular flexibility index (Phi) is 7.35. The van der Waals surface area contributed by atoms with Gasteiger partial charge in [0.1, 0.15) is 0 Å². The third-order valence-electron chi connectivity index (χ3n) is 3.14. The zero-order chi connectivity index (χ0) is 12.7. The Hall–Kier alpha value is -0.600. The summed E-state index contributed by atoms with van der Waals surface area (Å²) in [6.07, 6.45) is -0.363. The largest absolute Gasteiger partial charge is 0.371 e.